The van der Waals surface area contributed by atoms with Gasteiger partial charge < -0.3 is 10.1 Å². The Morgan fingerprint density at radius 2 is 2.05 bits per heavy atom. The summed E-state index contributed by atoms with van der Waals surface area (Å²) in [7, 11) is 1.82. The van der Waals surface area contributed by atoms with Crippen LogP contribution in [-0.4, -0.2) is 24.7 Å². The average Bonchev–Trinajstić information content (AvgIpc) is 2.48. The van der Waals surface area contributed by atoms with Crippen LogP contribution in [0, 0.1) is 0 Å². The number of hydrogen-bond acceptors (Lipinski definition) is 4. The minimum Gasteiger partial charge on any atom is -0.450 e. The van der Waals surface area contributed by atoms with Crippen molar-refractivity contribution in [2.75, 3.05) is 24.3 Å². The lowest BCUT2D eigenvalue weighted by Gasteiger charge is -2.08. The molecular formula is C15H17N3O2. The van der Waals surface area contributed by atoms with Crippen LogP contribution in [0.25, 0.3) is 11.1 Å². The summed E-state index contributed by atoms with van der Waals surface area (Å²) in [4.78, 5) is 15.6. The van der Waals surface area contributed by atoms with E-state index in [1.807, 2.05) is 43.4 Å². The second-order valence-corrected chi connectivity index (χ2v) is 4.11. The summed E-state index contributed by atoms with van der Waals surface area (Å²) >= 11 is 0. The molecule has 1 heterocycles. The number of carbonyl (C=O) groups is 1. The third kappa shape index (κ3) is 3.47. The number of nitrogens with one attached hydrogen (secondary N) is 2. The molecule has 0 bridgehead atoms. The van der Waals surface area contributed by atoms with Crippen LogP contribution >= 0.6 is 0 Å². The molecule has 0 saturated carbocycles. The van der Waals surface area contributed by atoms with Gasteiger partial charge in [-0.05, 0) is 42.3 Å². The molecule has 0 aliphatic heterocycles. The first-order valence-electron chi connectivity index (χ1n) is 6.41. The van der Waals surface area contributed by atoms with E-state index in [-0.39, 0.29) is 0 Å². The van der Waals surface area contributed by atoms with E-state index in [0.29, 0.717) is 12.3 Å². The number of hydrogen-bond donors (Lipinski definition) is 2. The van der Waals surface area contributed by atoms with E-state index in [1.165, 1.54) is 0 Å². The van der Waals surface area contributed by atoms with Gasteiger partial charge in [-0.15, -0.1) is 0 Å². The highest BCUT2D eigenvalue weighted by molar-refractivity contribution is 5.86. The van der Waals surface area contributed by atoms with Gasteiger partial charge in [-0.1, -0.05) is 12.1 Å². The molecule has 5 nitrogen and oxygen atoms in total. The van der Waals surface area contributed by atoms with Gasteiger partial charge in [0.1, 0.15) is 5.82 Å². The molecule has 0 aliphatic carbocycles. The first-order chi connectivity index (χ1) is 9.72. The summed E-state index contributed by atoms with van der Waals surface area (Å²) in [5.41, 5.74) is 2.72. The van der Waals surface area contributed by atoms with Crippen molar-refractivity contribution in [3.8, 4) is 11.1 Å². The quantitative estimate of drug-likeness (QED) is 0.895. The van der Waals surface area contributed by atoms with E-state index in [2.05, 4.69) is 15.6 Å². The predicted molar refractivity (Wildman–Crippen MR) is 79.9 cm³/mol. The number of nitrogens with zero attached hydrogens (tertiary/aromatic N) is 1. The minimum absolute atomic E-state index is 0.349. The average molecular weight is 271 g/mol. The van der Waals surface area contributed by atoms with E-state index in [4.69, 9.17) is 4.74 Å². The molecule has 1 aromatic heterocycles. The van der Waals surface area contributed by atoms with E-state index < -0.39 is 6.09 Å². The van der Waals surface area contributed by atoms with Gasteiger partial charge in [0.25, 0.3) is 0 Å². The fraction of sp³-hybridized carbons (Fsp3) is 0.200. The molecule has 0 aliphatic rings. The normalized spacial score (nSPS) is 9.90. The molecule has 0 fully saturated rings. The van der Waals surface area contributed by atoms with Crippen molar-refractivity contribution >= 4 is 17.6 Å². The zero-order valence-corrected chi connectivity index (χ0v) is 11.5. The second-order valence-electron chi connectivity index (χ2n) is 4.11. The van der Waals surface area contributed by atoms with Gasteiger partial charge in [0.2, 0.25) is 0 Å². The van der Waals surface area contributed by atoms with E-state index >= 15 is 0 Å². The van der Waals surface area contributed by atoms with Crippen LogP contribution in [0.5, 0.6) is 0 Å². The zero-order chi connectivity index (χ0) is 14.4. The van der Waals surface area contributed by atoms with Crippen molar-refractivity contribution in [1.82, 2.24) is 4.98 Å². The number of amides is 1. The summed E-state index contributed by atoms with van der Waals surface area (Å²) in [6, 6.07) is 11.4. The van der Waals surface area contributed by atoms with Crippen LogP contribution in [0.1, 0.15) is 6.92 Å². The molecule has 104 valence electrons. The predicted octanol–water partition coefficient (Wildman–Crippen LogP) is 3.36. The Hall–Kier alpha value is -2.56. The molecule has 0 spiro atoms. The van der Waals surface area contributed by atoms with Gasteiger partial charge in [-0.25, -0.2) is 9.78 Å². The standard InChI is InChI=1S/C15H17N3O2/c1-3-20-15(19)18-13-6-4-5-11(9-13)12-7-8-17-14(10-12)16-2/h4-10H,3H2,1-2H3,(H,16,17)(H,18,19). The molecule has 0 unspecified atom stereocenters. The van der Waals surface area contributed by atoms with Crippen LogP contribution in [0.3, 0.4) is 0 Å². The third-order valence-electron chi connectivity index (χ3n) is 2.73. The number of benzene rings is 1. The summed E-state index contributed by atoms with van der Waals surface area (Å²) in [5.74, 6) is 0.797. The van der Waals surface area contributed by atoms with Gasteiger partial charge in [0.15, 0.2) is 0 Å². The highest BCUT2D eigenvalue weighted by Gasteiger charge is 2.04. The Balaban J connectivity index is 2.22. The van der Waals surface area contributed by atoms with Crippen LogP contribution in [0.4, 0.5) is 16.3 Å². The maximum absolute atomic E-state index is 11.4. The molecule has 1 aromatic carbocycles. The van der Waals surface area contributed by atoms with Gasteiger partial charge in [0, 0.05) is 18.9 Å². The van der Waals surface area contributed by atoms with Crippen molar-refractivity contribution < 1.29 is 9.53 Å². The molecule has 20 heavy (non-hydrogen) atoms. The summed E-state index contributed by atoms with van der Waals surface area (Å²) in [5, 5.41) is 5.69. The number of rotatable bonds is 4. The van der Waals surface area contributed by atoms with Gasteiger partial charge in [-0.2, -0.15) is 0 Å². The number of carbonyl (C=O) groups excluding carboxylic acids is 1. The Morgan fingerprint density at radius 1 is 1.25 bits per heavy atom. The van der Waals surface area contributed by atoms with E-state index in [1.54, 1.807) is 13.1 Å². The molecule has 5 heteroatoms. The van der Waals surface area contributed by atoms with Crippen LogP contribution in [0.15, 0.2) is 42.6 Å². The molecule has 2 rings (SSSR count). The fourth-order valence-corrected chi connectivity index (χ4v) is 1.81. The molecule has 1 amide bonds. The van der Waals surface area contributed by atoms with E-state index in [9.17, 15) is 4.79 Å². The molecular weight excluding hydrogens is 254 g/mol. The lowest BCUT2D eigenvalue weighted by atomic mass is 10.1. The van der Waals surface area contributed by atoms with Crippen molar-refractivity contribution in [3.63, 3.8) is 0 Å². The fourth-order valence-electron chi connectivity index (χ4n) is 1.81. The minimum atomic E-state index is -0.449. The highest BCUT2D eigenvalue weighted by atomic mass is 16.5. The maximum Gasteiger partial charge on any atom is 0.411 e. The molecule has 0 radical (unpaired) electrons. The zero-order valence-electron chi connectivity index (χ0n) is 11.5. The molecule has 2 N–H and O–H groups in total. The van der Waals surface area contributed by atoms with Crippen LogP contribution in [0.2, 0.25) is 0 Å². The molecule has 0 atom stereocenters. The van der Waals surface area contributed by atoms with Crippen molar-refractivity contribution in [2.24, 2.45) is 0 Å². The summed E-state index contributed by atoms with van der Waals surface area (Å²) in [6.07, 6.45) is 1.29. The number of ether oxygens (including phenoxy) is 1. The van der Waals surface area contributed by atoms with E-state index in [0.717, 1.165) is 16.9 Å². The van der Waals surface area contributed by atoms with Gasteiger partial charge >= 0.3 is 6.09 Å². The Labute approximate surface area is 118 Å². The Kier molecular flexibility index (Phi) is 4.55. The smallest absolute Gasteiger partial charge is 0.411 e. The Bertz CT molecular complexity index is 599. The highest BCUT2D eigenvalue weighted by Crippen LogP contribution is 2.24. The van der Waals surface area contributed by atoms with Crippen molar-refractivity contribution in [3.05, 3.63) is 42.6 Å². The first kappa shape index (κ1) is 13.9. The summed E-state index contributed by atoms with van der Waals surface area (Å²) in [6.45, 7) is 2.12. The maximum atomic E-state index is 11.4. The van der Waals surface area contributed by atoms with Crippen LogP contribution in [-0.2, 0) is 4.74 Å². The Morgan fingerprint density at radius 3 is 2.80 bits per heavy atom. The monoisotopic (exact) mass is 271 g/mol. The van der Waals surface area contributed by atoms with Gasteiger partial charge in [0.05, 0.1) is 6.61 Å². The lowest BCUT2D eigenvalue weighted by Crippen LogP contribution is -2.13. The first-order valence-corrected chi connectivity index (χ1v) is 6.41. The number of anilines is 2. The topological polar surface area (TPSA) is 63.2 Å². The van der Waals surface area contributed by atoms with Crippen molar-refractivity contribution in [1.29, 1.82) is 0 Å². The summed E-state index contributed by atoms with van der Waals surface area (Å²) < 4.78 is 4.86. The lowest BCUT2D eigenvalue weighted by molar-refractivity contribution is 0.168. The number of aromatic nitrogens is 1. The largest absolute Gasteiger partial charge is 0.450 e. The third-order valence-corrected chi connectivity index (χ3v) is 2.73. The molecule has 2 aromatic rings. The van der Waals surface area contributed by atoms with Crippen LogP contribution < -0.4 is 10.6 Å². The SMILES string of the molecule is CCOC(=O)Nc1cccc(-c2ccnc(NC)c2)c1. The van der Waals surface area contributed by atoms with Crippen molar-refractivity contribution in [2.45, 2.75) is 6.92 Å². The second kappa shape index (κ2) is 6.56. The number of pyridine rings is 1. The molecule has 0 saturated heterocycles. The van der Waals surface area contributed by atoms with Gasteiger partial charge in [-0.3, -0.25) is 5.32 Å².